The van der Waals surface area contributed by atoms with Crippen LogP contribution in [-0.2, 0) is 0 Å². The van der Waals surface area contributed by atoms with E-state index in [2.05, 4.69) is 6.92 Å². The van der Waals surface area contributed by atoms with Crippen LogP contribution in [0.2, 0.25) is 0 Å². The number of hydrogen-bond acceptors (Lipinski definition) is 3. The number of phenols is 2. The molecule has 0 spiro atoms. The van der Waals surface area contributed by atoms with Gasteiger partial charge in [-0.05, 0) is 25.5 Å². The molecule has 94 valence electrons. The molecule has 4 heteroatoms. The topological polar surface area (TPSA) is 60.8 Å². The number of unbranched alkanes of at least 4 members (excludes halogenated alkanes) is 1. The molecule has 0 heterocycles. The Morgan fingerprint density at radius 3 is 2.24 bits per heavy atom. The van der Waals surface area contributed by atoms with Gasteiger partial charge in [0.2, 0.25) is 0 Å². The molecule has 0 bridgehead atoms. The molecule has 4 nitrogen and oxygen atoms in total. The fraction of sp³-hybridized carbons (Fsp3) is 0.462. The number of nitrogens with zero attached hydrogens (tertiary/aromatic N) is 1. The first kappa shape index (κ1) is 13.4. The van der Waals surface area contributed by atoms with E-state index in [9.17, 15) is 15.0 Å². The van der Waals surface area contributed by atoms with Crippen LogP contribution in [0.1, 0.15) is 37.0 Å². The number of aromatic hydroxyl groups is 2. The fourth-order valence-electron chi connectivity index (χ4n) is 1.65. The van der Waals surface area contributed by atoms with Gasteiger partial charge in [-0.2, -0.15) is 0 Å². The number of phenolic OH excluding ortho intramolecular Hbond substituents is 2. The molecule has 0 unspecified atom stereocenters. The maximum atomic E-state index is 12.1. The third-order valence-electron chi connectivity index (χ3n) is 2.60. The summed E-state index contributed by atoms with van der Waals surface area (Å²) in [6.07, 6.45) is 1.97. The first-order valence-electron chi connectivity index (χ1n) is 5.90. The first-order valence-corrected chi connectivity index (χ1v) is 5.90. The number of carbonyl (C=O) groups is 1. The average Bonchev–Trinajstić information content (AvgIpc) is 2.28. The highest BCUT2D eigenvalue weighted by Gasteiger charge is 2.15. The van der Waals surface area contributed by atoms with Gasteiger partial charge in [-0.15, -0.1) is 0 Å². The Labute approximate surface area is 101 Å². The second-order valence-electron chi connectivity index (χ2n) is 3.98. The van der Waals surface area contributed by atoms with Crippen LogP contribution in [-0.4, -0.2) is 34.1 Å². The van der Waals surface area contributed by atoms with Gasteiger partial charge < -0.3 is 15.1 Å². The van der Waals surface area contributed by atoms with Gasteiger partial charge in [-0.25, -0.2) is 0 Å². The molecule has 1 aromatic carbocycles. The van der Waals surface area contributed by atoms with Gasteiger partial charge in [0, 0.05) is 24.7 Å². The van der Waals surface area contributed by atoms with Crippen LogP contribution in [0, 0.1) is 0 Å². The Balaban J connectivity index is 2.85. The lowest BCUT2D eigenvalue weighted by Crippen LogP contribution is -2.31. The van der Waals surface area contributed by atoms with E-state index in [4.69, 9.17) is 0 Å². The van der Waals surface area contributed by atoms with Crippen molar-refractivity contribution >= 4 is 5.91 Å². The van der Waals surface area contributed by atoms with E-state index in [0.717, 1.165) is 12.8 Å². The summed E-state index contributed by atoms with van der Waals surface area (Å²) in [4.78, 5) is 13.8. The lowest BCUT2D eigenvalue weighted by atomic mass is 10.1. The summed E-state index contributed by atoms with van der Waals surface area (Å²) >= 11 is 0. The Morgan fingerprint density at radius 2 is 1.76 bits per heavy atom. The van der Waals surface area contributed by atoms with Crippen LogP contribution >= 0.6 is 0 Å². The first-order chi connectivity index (χ1) is 8.08. The van der Waals surface area contributed by atoms with E-state index in [1.54, 1.807) is 4.90 Å². The normalized spacial score (nSPS) is 10.2. The van der Waals surface area contributed by atoms with Gasteiger partial charge >= 0.3 is 0 Å². The van der Waals surface area contributed by atoms with Gasteiger partial charge in [0.25, 0.3) is 5.91 Å². The molecule has 0 aromatic heterocycles. The molecular weight excluding hydrogens is 218 g/mol. The third-order valence-corrected chi connectivity index (χ3v) is 2.60. The Morgan fingerprint density at radius 1 is 1.18 bits per heavy atom. The standard InChI is InChI=1S/C13H19NO3/c1-3-5-6-14(4-2)13(17)10-7-11(15)9-12(16)8-10/h7-9,15-16H,3-6H2,1-2H3. The quantitative estimate of drug-likeness (QED) is 0.826. The van der Waals surface area contributed by atoms with E-state index in [1.165, 1.54) is 18.2 Å². The highest BCUT2D eigenvalue weighted by Crippen LogP contribution is 2.21. The summed E-state index contributed by atoms with van der Waals surface area (Å²) in [7, 11) is 0. The zero-order valence-corrected chi connectivity index (χ0v) is 10.3. The molecule has 0 aliphatic rings. The largest absolute Gasteiger partial charge is 0.508 e. The predicted molar refractivity (Wildman–Crippen MR) is 66.3 cm³/mol. The SMILES string of the molecule is CCCCN(CC)C(=O)c1cc(O)cc(O)c1. The monoisotopic (exact) mass is 237 g/mol. The lowest BCUT2D eigenvalue weighted by molar-refractivity contribution is 0.0761. The Hall–Kier alpha value is -1.71. The molecule has 17 heavy (non-hydrogen) atoms. The van der Waals surface area contributed by atoms with Crippen molar-refractivity contribution < 1.29 is 15.0 Å². The van der Waals surface area contributed by atoms with Gasteiger partial charge in [-0.1, -0.05) is 13.3 Å². The zero-order chi connectivity index (χ0) is 12.8. The van der Waals surface area contributed by atoms with E-state index in [0.29, 0.717) is 18.7 Å². The molecule has 1 rings (SSSR count). The number of hydrogen-bond donors (Lipinski definition) is 2. The van der Waals surface area contributed by atoms with E-state index < -0.39 is 0 Å². The smallest absolute Gasteiger partial charge is 0.254 e. The molecule has 0 saturated heterocycles. The molecular formula is C13H19NO3. The van der Waals surface area contributed by atoms with Crippen LogP contribution < -0.4 is 0 Å². The van der Waals surface area contributed by atoms with Crippen molar-refractivity contribution in [3.8, 4) is 11.5 Å². The number of carbonyl (C=O) groups excluding carboxylic acids is 1. The molecule has 0 aliphatic heterocycles. The minimum Gasteiger partial charge on any atom is -0.508 e. The van der Waals surface area contributed by atoms with Crippen LogP contribution in [0.3, 0.4) is 0 Å². The molecule has 1 aromatic rings. The van der Waals surface area contributed by atoms with Gasteiger partial charge in [0.05, 0.1) is 0 Å². The van der Waals surface area contributed by atoms with Crippen molar-refractivity contribution in [3.05, 3.63) is 23.8 Å². The summed E-state index contributed by atoms with van der Waals surface area (Å²) < 4.78 is 0. The molecule has 1 amide bonds. The second-order valence-corrected chi connectivity index (χ2v) is 3.98. The van der Waals surface area contributed by atoms with Crippen molar-refractivity contribution in [1.29, 1.82) is 0 Å². The predicted octanol–water partition coefficient (Wildman–Crippen LogP) is 2.36. The molecule has 0 fully saturated rings. The summed E-state index contributed by atoms with van der Waals surface area (Å²) in [5.41, 5.74) is 0.320. The fourth-order valence-corrected chi connectivity index (χ4v) is 1.65. The maximum absolute atomic E-state index is 12.1. The summed E-state index contributed by atoms with van der Waals surface area (Å²) in [6.45, 7) is 5.30. The highest BCUT2D eigenvalue weighted by molar-refractivity contribution is 5.95. The maximum Gasteiger partial charge on any atom is 0.254 e. The van der Waals surface area contributed by atoms with E-state index >= 15 is 0 Å². The van der Waals surface area contributed by atoms with Gasteiger partial charge in [0.15, 0.2) is 0 Å². The average molecular weight is 237 g/mol. The van der Waals surface area contributed by atoms with Crippen LogP contribution in [0.5, 0.6) is 11.5 Å². The minimum absolute atomic E-state index is 0.0973. The number of benzene rings is 1. The van der Waals surface area contributed by atoms with Crippen LogP contribution in [0.25, 0.3) is 0 Å². The molecule has 0 aliphatic carbocycles. The van der Waals surface area contributed by atoms with Crippen molar-refractivity contribution in [2.24, 2.45) is 0 Å². The molecule has 0 saturated carbocycles. The number of amides is 1. The third kappa shape index (κ3) is 3.66. The van der Waals surface area contributed by atoms with Gasteiger partial charge in [-0.3, -0.25) is 4.79 Å². The van der Waals surface area contributed by atoms with E-state index in [1.807, 2.05) is 6.92 Å². The molecule has 0 radical (unpaired) electrons. The van der Waals surface area contributed by atoms with Crippen LogP contribution in [0.15, 0.2) is 18.2 Å². The van der Waals surface area contributed by atoms with Crippen molar-refractivity contribution in [2.75, 3.05) is 13.1 Å². The van der Waals surface area contributed by atoms with Crippen molar-refractivity contribution in [1.82, 2.24) is 4.90 Å². The highest BCUT2D eigenvalue weighted by atomic mass is 16.3. The second kappa shape index (κ2) is 6.13. The van der Waals surface area contributed by atoms with Gasteiger partial charge in [0.1, 0.15) is 11.5 Å². The Kier molecular flexibility index (Phi) is 4.82. The van der Waals surface area contributed by atoms with Crippen molar-refractivity contribution in [3.63, 3.8) is 0 Å². The minimum atomic E-state index is -0.160. The summed E-state index contributed by atoms with van der Waals surface area (Å²) in [6, 6.07) is 3.95. The summed E-state index contributed by atoms with van der Waals surface area (Å²) in [5.74, 6) is -0.355. The summed E-state index contributed by atoms with van der Waals surface area (Å²) in [5, 5.41) is 18.7. The number of rotatable bonds is 5. The Bertz CT molecular complexity index is 370. The zero-order valence-electron chi connectivity index (χ0n) is 10.3. The van der Waals surface area contributed by atoms with Crippen LogP contribution in [0.4, 0.5) is 0 Å². The lowest BCUT2D eigenvalue weighted by Gasteiger charge is -2.20. The van der Waals surface area contributed by atoms with E-state index in [-0.39, 0.29) is 17.4 Å². The molecule has 0 atom stereocenters. The molecule has 2 N–H and O–H groups in total. The van der Waals surface area contributed by atoms with Crippen molar-refractivity contribution in [2.45, 2.75) is 26.7 Å².